The van der Waals surface area contributed by atoms with Gasteiger partial charge in [-0.05, 0) is 12.1 Å². The summed E-state index contributed by atoms with van der Waals surface area (Å²) < 4.78 is 22.4. The summed E-state index contributed by atoms with van der Waals surface area (Å²) in [5.74, 6) is 0.423. The molecule has 0 radical (unpaired) electrons. The van der Waals surface area contributed by atoms with Gasteiger partial charge in [0.2, 0.25) is 0 Å². The molecule has 15 heavy (non-hydrogen) atoms. The lowest BCUT2D eigenvalue weighted by molar-refractivity contribution is 0.594. The SMILES string of the molecule is NS(=O)(=O)c1ncccc1-c1ncc[nH]1. The maximum absolute atomic E-state index is 11.2. The van der Waals surface area contributed by atoms with Crippen LogP contribution in [0.4, 0.5) is 0 Å². The first-order valence-corrected chi connectivity index (χ1v) is 5.61. The van der Waals surface area contributed by atoms with Crippen molar-refractivity contribution in [2.75, 3.05) is 0 Å². The second-order valence-electron chi connectivity index (χ2n) is 2.84. The number of nitrogens with one attached hydrogen (secondary N) is 1. The van der Waals surface area contributed by atoms with Crippen LogP contribution in [0.1, 0.15) is 0 Å². The van der Waals surface area contributed by atoms with E-state index in [-0.39, 0.29) is 5.03 Å². The van der Waals surface area contributed by atoms with Gasteiger partial charge in [-0.2, -0.15) is 0 Å². The third kappa shape index (κ3) is 1.88. The van der Waals surface area contributed by atoms with Gasteiger partial charge in [-0.3, -0.25) is 0 Å². The van der Waals surface area contributed by atoms with Gasteiger partial charge < -0.3 is 4.98 Å². The first-order valence-electron chi connectivity index (χ1n) is 4.06. The standard InChI is InChI=1S/C8H8N4O2S/c9-15(13,14)8-6(2-1-3-12-8)7-10-4-5-11-7/h1-5H,(H,10,11)(H2,9,13,14). The molecule has 2 aromatic heterocycles. The molecule has 0 saturated heterocycles. The minimum Gasteiger partial charge on any atom is -0.345 e. The Kier molecular flexibility index (Phi) is 2.25. The highest BCUT2D eigenvalue weighted by Gasteiger charge is 2.17. The maximum atomic E-state index is 11.2. The Bertz CT molecular complexity index is 562. The number of pyridine rings is 1. The third-order valence-corrected chi connectivity index (χ3v) is 2.66. The Morgan fingerprint density at radius 2 is 2.07 bits per heavy atom. The van der Waals surface area contributed by atoms with Gasteiger partial charge in [0.25, 0.3) is 10.0 Å². The van der Waals surface area contributed by atoms with Crippen LogP contribution in [0, 0.1) is 0 Å². The third-order valence-electron chi connectivity index (χ3n) is 1.79. The summed E-state index contributed by atoms with van der Waals surface area (Å²) >= 11 is 0. The number of aromatic amines is 1. The number of sulfonamides is 1. The Balaban J connectivity index is 2.68. The van der Waals surface area contributed by atoms with E-state index in [1.165, 1.54) is 12.4 Å². The predicted molar refractivity (Wildman–Crippen MR) is 53.2 cm³/mol. The summed E-state index contributed by atoms with van der Waals surface area (Å²) in [5.41, 5.74) is 0.366. The topological polar surface area (TPSA) is 102 Å². The predicted octanol–water partition coefficient (Wildman–Crippen LogP) is 0.119. The van der Waals surface area contributed by atoms with Crippen LogP contribution in [0.15, 0.2) is 35.7 Å². The number of hydrogen-bond acceptors (Lipinski definition) is 4. The second-order valence-corrected chi connectivity index (χ2v) is 4.32. The molecule has 0 saturated carbocycles. The highest BCUT2D eigenvalue weighted by molar-refractivity contribution is 7.89. The van der Waals surface area contributed by atoms with Crippen molar-refractivity contribution >= 4 is 10.0 Å². The first-order chi connectivity index (χ1) is 7.09. The van der Waals surface area contributed by atoms with Crippen molar-refractivity contribution in [1.29, 1.82) is 0 Å². The lowest BCUT2D eigenvalue weighted by Gasteiger charge is -2.02. The molecule has 0 atom stereocenters. The molecular weight excluding hydrogens is 216 g/mol. The van der Waals surface area contributed by atoms with Crippen molar-refractivity contribution < 1.29 is 8.42 Å². The molecule has 3 N–H and O–H groups in total. The number of rotatable bonds is 2. The molecule has 0 spiro atoms. The van der Waals surface area contributed by atoms with E-state index in [4.69, 9.17) is 5.14 Å². The van der Waals surface area contributed by atoms with E-state index < -0.39 is 10.0 Å². The molecule has 7 heteroatoms. The van der Waals surface area contributed by atoms with Crippen LogP contribution < -0.4 is 5.14 Å². The molecule has 0 aliphatic carbocycles. The molecule has 2 rings (SSSR count). The van der Waals surface area contributed by atoms with E-state index in [0.29, 0.717) is 11.4 Å². The minimum atomic E-state index is -3.83. The van der Waals surface area contributed by atoms with Crippen LogP contribution >= 0.6 is 0 Å². The summed E-state index contributed by atoms with van der Waals surface area (Å²) in [5, 5.41) is 4.85. The molecule has 0 aliphatic rings. The summed E-state index contributed by atoms with van der Waals surface area (Å²) in [7, 11) is -3.83. The van der Waals surface area contributed by atoms with Crippen LogP contribution in [0.3, 0.4) is 0 Å². The van der Waals surface area contributed by atoms with Gasteiger partial charge in [0.05, 0.1) is 5.56 Å². The molecule has 78 valence electrons. The van der Waals surface area contributed by atoms with E-state index >= 15 is 0 Å². The zero-order valence-corrected chi connectivity index (χ0v) is 8.40. The Morgan fingerprint density at radius 3 is 2.67 bits per heavy atom. The van der Waals surface area contributed by atoms with Gasteiger partial charge in [0.1, 0.15) is 5.82 Å². The summed E-state index contributed by atoms with van der Waals surface area (Å²) in [4.78, 5) is 10.5. The van der Waals surface area contributed by atoms with Crippen LogP contribution in [-0.4, -0.2) is 23.4 Å². The monoisotopic (exact) mass is 224 g/mol. The molecule has 6 nitrogen and oxygen atoms in total. The van der Waals surface area contributed by atoms with E-state index in [9.17, 15) is 8.42 Å². The zero-order chi connectivity index (χ0) is 10.9. The highest BCUT2D eigenvalue weighted by Crippen LogP contribution is 2.20. The molecule has 2 aromatic rings. The van der Waals surface area contributed by atoms with Crippen molar-refractivity contribution in [2.45, 2.75) is 5.03 Å². The van der Waals surface area contributed by atoms with Gasteiger partial charge in [-0.25, -0.2) is 23.5 Å². The number of nitrogens with zero attached hydrogens (tertiary/aromatic N) is 2. The second kappa shape index (κ2) is 3.44. The fourth-order valence-electron chi connectivity index (χ4n) is 1.21. The fraction of sp³-hybridized carbons (Fsp3) is 0. The van der Waals surface area contributed by atoms with E-state index in [1.54, 1.807) is 18.3 Å². The van der Waals surface area contributed by atoms with Crippen molar-refractivity contribution in [3.63, 3.8) is 0 Å². The van der Waals surface area contributed by atoms with Gasteiger partial charge in [-0.1, -0.05) is 0 Å². The van der Waals surface area contributed by atoms with Crippen LogP contribution in [-0.2, 0) is 10.0 Å². The summed E-state index contributed by atoms with van der Waals surface area (Å²) in [6, 6.07) is 3.21. The quantitative estimate of drug-likeness (QED) is 0.756. The Hall–Kier alpha value is -1.73. The minimum absolute atomic E-state index is 0.181. The maximum Gasteiger partial charge on any atom is 0.256 e. The van der Waals surface area contributed by atoms with Crippen LogP contribution in [0.5, 0.6) is 0 Å². The lowest BCUT2D eigenvalue weighted by atomic mass is 10.3. The Labute approximate surface area is 86.2 Å². The van der Waals surface area contributed by atoms with Crippen molar-refractivity contribution in [3.05, 3.63) is 30.7 Å². The molecule has 2 heterocycles. The molecule has 0 aliphatic heterocycles. The summed E-state index contributed by atoms with van der Waals surface area (Å²) in [6.07, 6.45) is 4.48. The average Bonchev–Trinajstić information content (AvgIpc) is 2.69. The molecular formula is C8H8N4O2S. The van der Waals surface area contributed by atoms with Gasteiger partial charge >= 0.3 is 0 Å². The van der Waals surface area contributed by atoms with Gasteiger partial charge in [0, 0.05) is 18.6 Å². The number of imidazole rings is 1. The van der Waals surface area contributed by atoms with Gasteiger partial charge in [0.15, 0.2) is 5.03 Å². The molecule has 0 unspecified atom stereocenters. The van der Waals surface area contributed by atoms with Crippen molar-refractivity contribution in [3.8, 4) is 11.4 Å². The average molecular weight is 224 g/mol. The first kappa shape index (κ1) is 9.81. The number of H-pyrrole nitrogens is 1. The highest BCUT2D eigenvalue weighted by atomic mass is 32.2. The Morgan fingerprint density at radius 1 is 1.27 bits per heavy atom. The summed E-state index contributed by atoms with van der Waals surface area (Å²) in [6.45, 7) is 0. The molecule has 0 bridgehead atoms. The lowest BCUT2D eigenvalue weighted by Crippen LogP contribution is -2.15. The van der Waals surface area contributed by atoms with E-state index in [2.05, 4.69) is 15.0 Å². The number of hydrogen-bond donors (Lipinski definition) is 2. The molecule has 0 aromatic carbocycles. The number of nitrogens with two attached hydrogens (primary N) is 1. The van der Waals surface area contributed by atoms with Crippen molar-refractivity contribution in [2.24, 2.45) is 5.14 Å². The fourth-order valence-corrected chi connectivity index (χ4v) is 1.89. The van der Waals surface area contributed by atoms with E-state index in [1.807, 2.05) is 0 Å². The zero-order valence-electron chi connectivity index (χ0n) is 7.58. The molecule has 0 fully saturated rings. The smallest absolute Gasteiger partial charge is 0.256 e. The van der Waals surface area contributed by atoms with Crippen molar-refractivity contribution in [1.82, 2.24) is 15.0 Å². The van der Waals surface area contributed by atoms with Crippen LogP contribution in [0.2, 0.25) is 0 Å². The molecule has 0 amide bonds. The van der Waals surface area contributed by atoms with Crippen LogP contribution in [0.25, 0.3) is 11.4 Å². The number of primary sulfonamides is 1. The largest absolute Gasteiger partial charge is 0.345 e. The normalized spacial score (nSPS) is 11.5. The number of aromatic nitrogens is 3. The van der Waals surface area contributed by atoms with E-state index in [0.717, 1.165) is 0 Å². The van der Waals surface area contributed by atoms with Gasteiger partial charge in [-0.15, -0.1) is 0 Å².